The van der Waals surface area contributed by atoms with Gasteiger partial charge in [-0.15, -0.1) is 0 Å². The SMILES string of the molecule is CC1(C)c2ccccc2-c2cc(-c3cc4c5c(c3)c3ccccc3c3cc(-c6ccc7c(c6)-c6ccccc6C7(C)C)cc(c35)C43c4ccccc4-c4ccccc43)ccc21. The minimum Gasteiger partial charge on any atom is -0.0619 e. The van der Waals surface area contributed by atoms with Gasteiger partial charge in [-0.2, -0.15) is 0 Å². The van der Waals surface area contributed by atoms with Crippen LogP contribution in [-0.4, -0.2) is 0 Å². The number of hydrogen-bond acceptors (Lipinski definition) is 0. The van der Waals surface area contributed by atoms with E-state index < -0.39 is 5.41 Å². The Bertz CT molecular complexity index is 3400. The number of fused-ring (bicyclic) bond motifs is 16. The predicted molar refractivity (Wildman–Crippen MR) is 256 cm³/mol. The molecule has 0 aromatic heterocycles. The number of rotatable bonds is 2. The van der Waals surface area contributed by atoms with Crippen molar-refractivity contribution in [1.29, 1.82) is 0 Å². The predicted octanol–water partition coefficient (Wildman–Crippen LogP) is 15.8. The van der Waals surface area contributed by atoms with E-state index in [-0.39, 0.29) is 10.8 Å². The zero-order valence-electron chi connectivity index (χ0n) is 34.8. The maximum Gasteiger partial charge on any atom is 0.0726 e. The van der Waals surface area contributed by atoms with Crippen molar-refractivity contribution in [3.63, 3.8) is 0 Å². The third-order valence-corrected chi connectivity index (χ3v) is 15.6. The average Bonchev–Trinajstić information content (AvgIpc) is 3.93. The quantitative estimate of drug-likeness (QED) is 0.153. The fraction of sp³-hybridized carbons (Fsp3) is 0.115. The van der Waals surface area contributed by atoms with E-state index in [2.05, 4.69) is 210 Å². The molecular formula is C61H42. The second-order valence-electron chi connectivity index (χ2n) is 19.1. The average molecular weight is 775 g/mol. The van der Waals surface area contributed by atoms with Gasteiger partial charge < -0.3 is 0 Å². The molecule has 286 valence electrons. The van der Waals surface area contributed by atoms with E-state index in [0.29, 0.717) is 0 Å². The van der Waals surface area contributed by atoms with Crippen LogP contribution >= 0.6 is 0 Å². The van der Waals surface area contributed by atoms with Gasteiger partial charge in [0, 0.05) is 10.8 Å². The maximum atomic E-state index is 2.58. The first-order chi connectivity index (χ1) is 29.8. The van der Waals surface area contributed by atoms with Crippen molar-refractivity contribution in [3.05, 3.63) is 226 Å². The van der Waals surface area contributed by atoms with Crippen molar-refractivity contribution in [2.45, 2.75) is 43.9 Å². The van der Waals surface area contributed by atoms with Crippen molar-refractivity contribution in [2.24, 2.45) is 0 Å². The lowest BCUT2D eigenvalue weighted by Crippen LogP contribution is -2.26. The van der Waals surface area contributed by atoms with Gasteiger partial charge in [0.25, 0.3) is 0 Å². The standard InChI is InChI=1S/C61H42/c1-59(2)49-21-11-7-19-43(49)45-29-35(25-27-51(45)59)37-31-47-39-15-5-6-16-40(39)48-32-38(36-26-28-52-46(30-36)44-20-8-12-22-50(44)60(52,3)4)34-56-58(48)57(47)55(33-37)61(56)53-23-13-9-17-41(53)42-18-10-14-24-54(42)61/h5-34H,1-4H3. The first-order valence-electron chi connectivity index (χ1n) is 21.9. The molecule has 0 nitrogen and oxygen atoms in total. The molecule has 0 N–H and O–H groups in total. The molecule has 61 heavy (non-hydrogen) atoms. The molecule has 14 rings (SSSR count). The largest absolute Gasteiger partial charge is 0.0726 e. The Morgan fingerprint density at radius 1 is 0.246 bits per heavy atom. The Labute approximate surface area is 356 Å². The second-order valence-corrected chi connectivity index (χ2v) is 19.1. The first-order valence-corrected chi connectivity index (χ1v) is 21.9. The molecule has 0 radical (unpaired) electrons. The molecule has 1 spiro atoms. The molecule has 0 saturated heterocycles. The van der Waals surface area contributed by atoms with Gasteiger partial charge >= 0.3 is 0 Å². The van der Waals surface area contributed by atoms with Crippen LogP contribution in [0.25, 0.3) is 88.0 Å². The third kappa shape index (κ3) is 3.98. The molecular weight excluding hydrogens is 733 g/mol. The molecule has 0 aliphatic heterocycles. The molecule has 0 fully saturated rings. The van der Waals surface area contributed by atoms with Gasteiger partial charge in [-0.1, -0.05) is 173 Å². The Balaban J connectivity index is 1.10. The summed E-state index contributed by atoms with van der Waals surface area (Å²) in [4.78, 5) is 0. The molecule has 0 amide bonds. The monoisotopic (exact) mass is 774 g/mol. The highest BCUT2D eigenvalue weighted by atomic mass is 14.5. The minimum absolute atomic E-state index is 0.0389. The fourth-order valence-electron chi connectivity index (χ4n) is 12.9. The van der Waals surface area contributed by atoms with Crippen molar-refractivity contribution < 1.29 is 0 Å². The lowest BCUT2D eigenvalue weighted by atomic mass is 9.69. The summed E-state index contributed by atoms with van der Waals surface area (Å²) in [5, 5.41) is 8.07. The van der Waals surface area contributed by atoms with Gasteiger partial charge in [0.2, 0.25) is 0 Å². The van der Waals surface area contributed by atoms with Gasteiger partial charge in [-0.25, -0.2) is 0 Å². The van der Waals surface area contributed by atoms with E-state index in [0.717, 1.165) is 0 Å². The van der Waals surface area contributed by atoms with E-state index in [1.807, 2.05) is 0 Å². The second kappa shape index (κ2) is 11.2. The van der Waals surface area contributed by atoms with E-state index >= 15 is 0 Å². The lowest BCUT2D eigenvalue weighted by Gasteiger charge is -2.31. The Morgan fingerprint density at radius 3 is 1.02 bits per heavy atom. The topological polar surface area (TPSA) is 0 Å². The van der Waals surface area contributed by atoms with Crippen LogP contribution in [0.1, 0.15) is 72.2 Å². The summed E-state index contributed by atoms with van der Waals surface area (Å²) in [7, 11) is 0. The van der Waals surface area contributed by atoms with Crippen LogP contribution in [0.15, 0.2) is 182 Å². The van der Waals surface area contributed by atoms with E-state index in [4.69, 9.17) is 0 Å². The Hall–Kier alpha value is -7.02. The summed E-state index contributed by atoms with van der Waals surface area (Å²) in [6, 6.07) is 70.4. The zero-order chi connectivity index (χ0) is 40.6. The maximum absolute atomic E-state index is 2.58. The van der Waals surface area contributed by atoms with Crippen LogP contribution in [0.5, 0.6) is 0 Å². The van der Waals surface area contributed by atoms with E-state index in [1.165, 1.54) is 132 Å². The highest BCUT2D eigenvalue weighted by Gasteiger charge is 2.51. The zero-order valence-corrected chi connectivity index (χ0v) is 34.8. The fourth-order valence-corrected chi connectivity index (χ4v) is 12.9. The van der Waals surface area contributed by atoms with E-state index in [9.17, 15) is 0 Å². The van der Waals surface area contributed by atoms with Gasteiger partial charge in [0.15, 0.2) is 0 Å². The molecule has 0 heteroatoms. The Morgan fingerprint density at radius 2 is 0.590 bits per heavy atom. The molecule has 0 bridgehead atoms. The lowest BCUT2D eigenvalue weighted by molar-refractivity contribution is 0.660. The van der Waals surface area contributed by atoms with Crippen LogP contribution in [-0.2, 0) is 16.2 Å². The molecule has 4 aliphatic rings. The molecule has 4 aliphatic carbocycles. The van der Waals surface area contributed by atoms with Crippen LogP contribution in [0.4, 0.5) is 0 Å². The molecule has 0 saturated carbocycles. The number of hydrogen-bond donors (Lipinski definition) is 0. The summed E-state index contributed by atoms with van der Waals surface area (Å²) >= 11 is 0. The van der Waals surface area contributed by atoms with E-state index in [1.54, 1.807) is 0 Å². The van der Waals surface area contributed by atoms with Crippen LogP contribution in [0.3, 0.4) is 0 Å². The van der Waals surface area contributed by atoms with Crippen LogP contribution in [0.2, 0.25) is 0 Å². The molecule has 10 aromatic rings. The van der Waals surface area contributed by atoms with Crippen LogP contribution < -0.4 is 0 Å². The van der Waals surface area contributed by atoms with Gasteiger partial charge in [0.1, 0.15) is 0 Å². The summed E-state index contributed by atoms with van der Waals surface area (Å²) in [6.07, 6.45) is 0. The summed E-state index contributed by atoms with van der Waals surface area (Å²) in [5.74, 6) is 0. The van der Waals surface area contributed by atoms with Crippen molar-refractivity contribution in [3.8, 4) is 55.6 Å². The highest BCUT2D eigenvalue weighted by Crippen LogP contribution is 2.64. The smallest absolute Gasteiger partial charge is 0.0619 e. The Kier molecular flexibility index (Phi) is 6.21. The van der Waals surface area contributed by atoms with Gasteiger partial charge in [-0.05, 0) is 169 Å². The van der Waals surface area contributed by atoms with Crippen molar-refractivity contribution >= 4 is 32.3 Å². The molecule has 0 unspecified atom stereocenters. The third-order valence-electron chi connectivity index (χ3n) is 15.6. The van der Waals surface area contributed by atoms with Gasteiger partial charge in [0.05, 0.1) is 5.41 Å². The normalized spacial score (nSPS) is 15.9. The molecule has 10 aromatic carbocycles. The van der Waals surface area contributed by atoms with Crippen molar-refractivity contribution in [2.75, 3.05) is 0 Å². The minimum atomic E-state index is -0.494. The summed E-state index contributed by atoms with van der Waals surface area (Å²) < 4.78 is 0. The first kappa shape index (κ1) is 33.8. The summed E-state index contributed by atoms with van der Waals surface area (Å²) in [6.45, 7) is 9.49. The molecule has 0 heterocycles. The highest BCUT2D eigenvalue weighted by molar-refractivity contribution is 6.31. The molecule has 0 atom stereocenters. The van der Waals surface area contributed by atoms with Crippen LogP contribution in [0, 0.1) is 0 Å². The van der Waals surface area contributed by atoms with Crippen molar-refractivity contribution in [1.82, 2.24) is 0 Å². The summed E-state index contributed by atoms with van der Waals surface area (Å²) in [5.41, 5.74) is 23.8. The van der Waals surface area contributed by atoms with Gasteiger partial charge in [-0.3, -0.25) is 0 Å². The number of benzene rings is 10.